The molecule has 0 radical (unpaired) electrons. The minimum Gasteiger partial charge on any atom is -0.354 e. The highest BCUT2D eigenvalue weighted by Crippen LogP contribution is 2.21. The summed E-state index contributed by atoms with van der Waals surface area (Å²) in [6, 6.07) is 11.9. The monoisotopic (exact) mass is 499 g/mol. The van der Waals surface area contributed by atoms with Crippen molar-refractivity contribution >= 4 is 45.0 Å². The topological polar surface area (TPSA) is 86.8 Å². The van der Waals surface area contributed by atoms with Gasteiger partial charge in [-0.2, -0.15) is 4.31 Å². The smallest absolute Gasteiger partial charge is 0.243 e. The number of likely N-dealkylation sites (N-methyl/N-ethyl adjacent to an activating group) is 1. The van der Waals surface area contributed by atoms with Gasteiger partial charge in [-0.1, -0.05) is 48.3 Å². The molecule has 0 saturated carbocycles. The highest BCUT2D eigenvalue weighted by molar-refractivity contribution is 7.89. The largest absolute Gasteiger partial charge is 0.354 e. The standard InChI is InChI=1S/C22H27Cl2N3O4S/c1-4-13-25-22(29)16(2)27(14-17-7-5-6-8-20(17)24)21(28)15-26(3)32(30,31)19-11-9-18(23)10-12-19/h5-12,16H,4,13-15H2,1-3H3,(H,25,29)/t16-/m0/s1. The van der Waals surface area contributed by atoms with Crippen molar-refractivity contribution in [2.75, 3.05) is 20.1 Å². The fourth-order valence-corrected chi connectivity index (χ4v) is 4.38. The van der Waals surface area contributed by atoms with Crippen LogP contribution in [0.25, 0.3) is 0 Å². The normalized spacial score (nSPS) is 12.4. The van der Waals surface area contributed by atoms with E-state index in [1.807, 2.05) is 6.92 Å². The van der Waals surface area contributed by atoms with Crippen molar-refractivity contribution in [2.24, 2.45) is 0 Å². The molecule has 174 valence electrons. The number of hydrogen-bond acceptors (Lipinski definition) is 4. The fourth-order valence-electron chi connectivity index (χ4n) is 2.94. The second kappa shape index (κ2) is 11.7. The molecule has 0 saturated heterocycles. The van der Waals surface area contributed by atoms with Gasteiger partial charge in [0.15, 0.2) is 0 Å². The zero-order valence-corrected chi connectivity index (χ0v) is 20.5. The zero-order chi connectivity index (χ0) is 23.9. The summed E-state index contributed by atoms with van der Waals surface area (Å²) in [7, 11) is -2.61. The van der Waals surface area contributed by atoms with E-state index in [1.165, 1.54) is 36.2 Å². The van der Waals surface area contributed by atoms with E-state index in [2.05, 4.69) is 5.32 Å². The third kappa shape index (κ3) is 6.68. The van der Waals surface area contributed by atoms with Gasteiger partial charge in [0.2, 0.25) is 21.8 Å². The van der Waals surface area contributed by atoms with Gasteiger partial charge in [0.25, 0.3) is 0 Å². The van der Waals surface area contributed by atoms with Crippen LogP contribution in [-0.2, 0) is 26.2 Å². The number of carbonyl (C=O) groups excluding carboxylic acids is 2. The summed E-state index contributed by atoms with van der Waals surface area (Å²) < 4.78 is 26.7. The van der Waals surface area contributed by atoms with Gasteiger partial charge in [0.1, 0.15) is 6.04 Å². The van der Waals surface area contributed by atoms with Gasteiger partial charge in [-0.25, -0.2) is 8.42 Å². The molecule has 0 unspecified atom stereocenters. The number of sulfonamides is 1. The first kappa shape index (κ1) is 26.1. The molecule has 2 aromatic rings. The third-order valence-electron chi connectivity index (χ3n) is 4.89. The minimum absolute atomic E-state index is 0.0172. The van der Waals surface area contributed by atoms with E-state index in [1.54, 1.807) is 31.2 Å². The van der Waals surface area contributed by atoms with Crippen molar-refractivity contribution < 1.29 is 18.0 Å². The van der Waals surface area contributed by atoms with Crippen LogP contribution in [0.3, 0.4) is 0 Å². The molecule has 0 aromatic heterocycles. The number of benzene rings is 2. The van der Waals surface area contributed by atoms with Crippen LogP contribution < -0.4 is 5.32 Å². The van der Waals surface area contributed by atoms with Gasteiger partial charge in [-0.3, -0.25) is 9.59 Å². The quantitative estimate of drug-likeness (QED) is 0.541. The van der Waals surface area contributed by atoms with E-state index in [0.717, 1.165) is 10.7 Å². The number of hydrogen-bond donors (Lipinski definition) is 1. The van der Waals surface area contributed by atoms with Gasteiger partial charge < -0.3 is 10.2 Å². The Balaban J connectivity index is 2.27. The van der Waals surface area contributed by atoms with E-state index in [-0.39, 0.29) is 17.3 Å². The number of nitrogens with one attached hydrogen (secondary N) is 1. The molecule has 0 aliphatic carbocycles. The van der Waals surface area contributed by atoms with Gasteiger partial charge in [0, 0.05) is 30.2 Å². The van der Waals surface area contributed by atoms with Gasteiger partial charge in [-0.05, 0) is 49.2 Å². The lowest BCUT2D eigenvalue weighted by Crippen LogP contribution is -2.50. The molecule has 1 atom stereocenters. The third-order valence-corrected chi connectivity index (χ3v) is 7.33. The molecule has 32 heavy (non-hydrogen) atoms. The molecule has 0 aliphatic heterocycles. The highest BCUT2D eigenvalue weighted by atomic mass is 35.5. The van der Waals surface area contributed by atoms with Crippen molar-refractivity contribution in [1.29, 1.82) is 0 Å². The molecule has 1 N–H and O–H groups in total. The van der Waals surface area contributed by atoms with Gasteiger partial charge in [0.05, 0.1) is 11.4 Å². The summed E-state index contributed by atoms with van der Waals surface area (Å²) in [5.74, 6) is -0.848. The average Bonchev–Trinajstić information content (AvgIpc) is 2.76. The summed E-state index contributed by atoms with van der Waals surface area (Å²) >= 11 is 12.1. The molecule has 10 heteroatoms. The molecule has 0 fully saturated rings. The number of rotatable bonds is 10. The summed E-state index contributed by atoms with van der Waals surface area (Å²) in [6.45, 7) is 3.62. The Labute approximate surface area is 199 Å². The SMILES string of the molecule is CCCNC(=O)[C@H](C)N(Cc1ccccc1Cl)C(=O)CN(C)S(=O)(=O)c1ccc(Cl)cc1. The van der Waals surface area contributed by atoms with E-state index in [9.17, 15) is 18.0 Å². The maximum Gasteiger partial charge on any atom is 0.243 e. The van der Waals surface area contributed by atoms with Crippen molar-refractivity contribution in [3.8, 4) is 0 Å². The van der Waals surface area contributed by atoms with Gasteiger partial charge >= 0.3 is 0 Å². The average molecular weight is 500 g/mol. The maximum atomic E-state index is 13.2. The van der Waals surface area contributed by atoms with Crippen LogP contribution >= 0.6 is 23.2 Å². The molecule has 0 aliphatic rings. The Morgan fingerprint density at radius 1 is 1.06 bits per heavy atom. The highest BCUT2D eigenvalue weighted by Gasteiger charge is 2.30. The summed E-state index contributed by atoms with van der Waals surface area (Å²) in [4.78, 5) is 27.1. The first-order valence-electron chi connectivity index (χ1n) is 10.1. The van der Waals surface area contributed by atoms with E-state index in [4.69, 9.17) is 23.2 Å². The Morgan fingerprint density at radius 3 is 2.28 bits per heavy atom. The summed E-state index contributed by atoms with van der Waals surface area (Å²) in [6.07, 6.45) is 0.749. The Bertz CT molecular complexity index is 1050. The van der Waals surface area contributed by atoms with E-state index >= 15 is 0 Å². The number of halogens is 2. The van der Waals surface area contributed by atoms with Gasteiger partial charge in [-0.15, -0.1) is 0 Å². The van der Waals surface area contributed by atoms with Crippen LogP contribution in [0.1, 0.15) is 25.8 Å². The Morgan fingerprint density at radius 2 is 1.69 bits per heavy atom. The predicted octanol–water partition coefficient (Wildman–Crippen LogP) is 3.56. The lowest BCUT2D eigenvalue weighted by molar-refractivity contribution is -0.140. The first-order chi connectivity index (χ1) is 15.1. The predicted molar refractivity (Wildman–Crippen MR) is 126 cm³/mol. The van der Waals surface area contributed by atoms with Crippen molar-refractivity contribution in [3.05, 3.63) is 64.1 Å². The zero-order valence-electron chi connectivity index (χ0n) is 18.2. The molecular formula is C22H27Cl2N3O4S. The Hall–Kier alpha value is -2.13. The minimum atomic E-state index is -3.92. The van der Waals surface area contributed by atoms with Crippen molar-refractivity contribution in [2.45, 2.75) is 37.8 Å². The maximum absolute atomic E-state index is 13.2. The molecular weight excluding hydrogens is 473 g/mol. The molecule has 0 heterocycles. The molecule has 2 amide bonds. The van der Waals surface area contributed by atoms with Crippen LogP contribution in [-0.4, -0.2) is 55.6 Å². The lowest BCUT2D eigenvalue weighted by Gasteiger charge is -2.30. The van der Waals surface area contributed by atoms with Crippen LogP contribution in [0.4, 0.5) is 0 Å². The van der Waals surface area contributed by atoms with E-state index < -0.39 is 28.5 Å². The van der Waals surface area contributed by atoms with Crippen molar-refractivity contribution in [1.82, 2.24) is 14.5 Å². The lowest BCUT2D eigenvalue weighted by atomic mass is 10.1. The molecule has 2 aromatic carbocycles. The van der Waals surface area contributed by atoms with Crippen LogP contribution in [0.15, 0.2) is 53.4 Å². The fraction of sp³-hybridized carbons (Fsp3) is 0.364. The Kier molecular flexibility index (Phi) is 9.51. The number of carbonyl (C=O) groups is 2. The van der Waals surface area contributed by atoms with Crippen LogP contribution in [0.2, 0.25) is 10.0 Å². The second-order valence-electron chi connectivity index (χ2n) is 7.30. The second-order valence-corrected chi connectivity index (χ2v) is 10.2. The van der Waals surface area contributed by atoms with Crippen LogP contribution in [0, 0.1) is 0 Å². The number of amides is 2. The molecule has 0 spiro atoms. The van der Waals surface area contributed by atoms with E-state index in [0.29, 0.717) is 22.2 Å². The number of nitrogens with zero attached hydrogens (tertiary/aromatic N) is 2. The summed E-state index contributed by atoms with van der Waals surface area (Å²) in [5, 5.41) is 3.63. The van der Waals surface area contributed by atoms with Crippen molar-refractivity contribution in [3.63, 3.8) is 0 Å². The summed E-state index contributed by atoms with van der Waals surface area (Å²) in [5.41, 5.74) is 0.654. The molecule has 7 nitrogen and oxygen atoms in total. The molecule has 2 rings (SSSR count). The van der Waals surface area contributed by atoms with Crippen LogP contribution in [0.5, 0.6) is 0 Å². The molecule has 0 bridgehead atoms. The first-order valence-corrected chi connectivity index (χ1v) is 12.3.